The fraction of sp³-hybridized carbons (Fsp3) is 0.450. The Morgan fingerprint density at radius 2 is 2.21 bits per heavy atom. The highest BCUT2D eigenvalue weighted by Crippen LogP contribution is 2.34. The summed E-state index contributed by atoms with van der Waals surface area (Å²) in [6, 6.07) is 4.01. The Morgan fingerprint density at radius 3 is 2.89 bits per heavy atom. The molecule has 1 saturated carbocycles. The minimum absolute atomic E-state index is 0.0482. The van der Waals surface area contributed by atoms with Gasteiger partial charge in [0.2, 0.25) is 5.91 Å². The molecule has 1 fully saturated rings. The van der Waals surface area contributed by atoms with Crippen molar-refractivity contribution in [1.29, 1.82) is 0 Å². The summed E-state index contributed by atoms with van der Waals surface area (Å²) in [7, 11) is 1.74. The number of hydrogen-bond acceptors (Lipinski definition) is 6. The Kier molecular flexibility index (Phi) is 5.89. The number of fused-ring (bicyclic) bond motifs is 1. The van der Waals surface area contributed by atoms with Crippen LogP contribution in [0.2, 0.25) is 0 Å². The average Bonchev–Trinajstić information content (AvgIpc) is 3.17. The van der Waals surface area contributed by atoms with Crippen molar-refractivity contribution in [1.82, 2.24) is 14.5 Å². The number of carbonyl (C=O) groups is 1. The van der Waals surface area contributed by atoms with E-state index in [2.05, 4.69) is 6.92 Å². The van der Waals surface area contributed by atoms with E-state index in [1.54, 1.807) is 23.0 Å². The monoisotopic (exact) mass is 433 g/mol. The van der Waals surface area contributed by atoms with Gasteiger partial charge < -0.3 is 4.90 Å². The van der Waals surface area contributed by atoms with Crippen molar-refractivity contribution in [3.63, 3.8) is 0 Å². The molecule has 3 aromatic rings. The molecular weight excluding hydrogens is 410 g/mol. The normalized spacial score (nSPS) is 13.9. The number of hydrogen-bond donors (Lipinski definition) is 0. The Morgan fingerprint density at radius 1 is 1.39 bits per heavy atom. The predicted molar refractivity (Wildman–Crippen MR) is 118 cm³/mol. The van der Waals surface area contributed by atoms with Crippen molar-refractivity contribution in [3.8, 4) is 10.4 Å². The van der Waals surface area contributed by atoms with Crippen molar-refractivity contribution >= 4 is 50.6 Å². The van der Waals surface area contributed by atoms with Crippen molar-refractivity contribution in [2.75, 3.05) is 18.8 Å². The van der Waals surface area contributed by atoms with Gasteiger partial charge in [0.25, 0.3) is 5.56 Å². The number of thiophene rings is 2. The lowest BCUT2D eigenvalue weighted by atomic mass is 10.2. The van der Waals surface area contributed by atoms with Crippen LogP contribution in [0.3, 0.4) is 0 Å². The molecule has 0 radical (unpaired) electrons. The highest BCUT2D eigenvalue weighted by atomic mass is 32.2. The second-order valence-electron chi connectivity index (χ2n) is 7.14. The maximum atomic E-state index is 13.0. The molecule has 3 heterocycles. The largest absolute Gasteiger partial charge is 0.342 e. The van der Waals surface area contributed by atoms with Crippen LogP contribution in [0, 0.1) is 5.92 Å². The number of nitrogens with zero attached hydrogens (tertiary/aromatic N) is 3. The van der Waals surface area contributed by atoms with Crippen LogP contribution in [0.25, 0.3) is 20.7 Å². The van der Waals surface area contributed by atoms with E-state index in [9.17, 15) is 9.59 Å². The van der Waals surface area contributed by atoms with E-state index in [-0.39, 0.29) is 11.5 Å². The molecule has 0 spiro atoms. The fourth-order valence-corrected chi connectivity index (χ4v) is 5.89. The first-order chi connectivity index (χ1) is 13.6. The molecule has 3 aromatic heterocycles. The number of rotatable bonds is 8. The van der Waals surface area contributed by atoms with Gasteiger partial charge in [0, 0.05) is 36.0 Å². The molecule has 28 heavy (non-hydrogen) atoms. The maximum absolute atomic E-state index is 13.0. The van der Waals surface area contributed by atoms with Gasteiger partial charge in [-0.2, -0.15) is 0 Å². The zero-order chi connectivity index (χ0) is 19.7. The van der Waals surface area contributed by atoms with Gasteiger partial charge in [0.1, 0.15) is 4.83 Å². The first-order valence-electron chi connectivity index (χ1n) is 9.51. The highest BCUT2D eigenvalue weighted by molar-refractivity contribution is 7.99. The average molecular weight is 434 g/mol. The smallest absolute Gasteiger partial charge is 0.263 e. The molecule has 0 aliphatic heterocycles. The van der Waals surface area contributed by atoms with E-state index in [1.165, 1.54) is 35.9 Å². The van der Waals surface area contributed by atoms with E-state index in [0.29, 0.717) is 22.2 Å². The molecule has 1 aliphatic rings. The number of amides is 1. The zero-order valence-electron chi connectivity index (χ0n) is 16.0. The molecule has 148 valence electrons. The molecule has 5 nitrogen and oxygen atoms in total. The molecule has 8 heteroatoms. The second-order valence-corrected chi connectivity index (χ2v) is 9.89. The van der Waals surface area contributed by atoms with Gasteiger partial charge in [0.05, 0.1) is 11.1 Å². The molecule has 1 aliphatic carbocycles. The van der Waals surface area contributed by atoms with E-state index in [0.717, 1.165) is 34.8 Å². The van der Waals surface area contributed by atoms with Crippen molar-refractivity contribution in [3.05, 3.63) is 33.2 Å². The first-order valence-corrected chi connectivity index (χ1v) is 12.3. The van der Waals surface area contributed by atoms with Crippen LogP contribution in [0.5, 0.6) is 0 Å². The molecule has 0 saturated heterocycles. The van der Waals surface area contributed by atoms with Crippen LogP contribution in [0.4, 0.5) is 0 Å². The van der Waals surface area contributed by atoms with Crippen molar-refractivity contribution in [2.45, 2.75) is 31.3 Å². The molecule has 1 amide bonds. The Bertz CT molecular complexity index is 1040. The third-order valence-corrected chi connectivity index (χ3v) is 7.70. The summed E-state index contributed by atoms with van der Waals surface area (Å²) in [5.41, 5.74) is 0.905. The van der Waals surface area contributed by atoms with Gasteiger partial charge in [-0.25, -0.2) is 4.98 Å². The summed E-state index contributed by atoms with van der Waals surface area (Å²) >= 11 is 4.47. The van der Waals surface area contributed by atoms with E-state index in [1.807, 2.05) is 27.8 Å². The van der Waals surface area contributed by atoms with E-state index in [4.69, 9.17) is 4.98 Å². The Balaban J connectivity index is 1.55. The van der Waals surface area contributed by atoms with E-state index >= 15 is 0 Å². The topological polar surface area (TPSA) is 55.2 Å². The SMILES string of the molecule is CCCN(CC1CC1)C(=O)CSc1nc2scc(-c3cccs3)c2c(=O)n1C. The number of aromatic nitrogens is 2. The van der Waals surface area contributed by atoms with E-state index < -0.39 is 0 Å². The minimum Gasteiger partial charge on any atom is -0.342 e. The standard InChI is InChI=1S/C20H23N3O2S3/c1-3-8-23(10-13-6-7-13)16(24)12-28-20-21-18-17(19(25)22(20)2)14(11-27-18)15-5-4-9-26-15/h4-5,9,11,13H,3,6-8,10,12H2,1-2H3. The van der Waals surface area contributed by atoms with Crippen LogP contribution in [0.1, 0.15) is 26.2 Å². The third-order valence-electron chi connectivity index (χ3n) is 4.91. The van der Waals surface area contributed by atoms with Crippen LogP contribution in [-0.4, -0.2) is 39.2 Å². The van der Waals surface area contributed by atoms with Gasteiger partial charge in [0.15, 0.2) is 5.16 Å². The summed E-state index contributed by atoms with van der Waals surface area (Å²) in [6.45, 7) is 3.77. The fourth-order valence-electron chi connectivity index (χ4n) is 3.21. The van der Waals surface area contributed by atoms with Gasteiger partial charge in [-0.1, -0.05) is 24.8 Å². The van der Waals surface area contributed by atoms with Crippen LogP contribution in [-0.2, 0) is 11.8 Å². The number of thioether (sulfide) groups is 1. The summed E-state index contributed by atoms with van der Waals surface area (Å²) in [5.74, 6) is 1.14. The number of carbonyl (C=O) groups excluding carboxylic acids is 1. The highest BCUT2D eigenvalue weighted by Gasteiger charge is 2.26. The minimum atomic E-state index is -0.0482. The summed E-state index contributed by atoms with van der Waals surface area (Å²) < 4.78 is 1.58. The van der Waals surface area contributed by atoms with Crippen LogP contribution < -0.4 is 5.56 Å². The molecule has 0 aromatic carbocycles. The Labute approximate surface area is 176 Å². The maximum Gasteiger partial charge on any atom is 0.263 e. The first kappa shape index (κ1) is 19.7. The third kappa shape index (κ3) is 4.04. The summed E-state index contributed by atoms with van der Waals surface area (Å²) in [4.78, 5) is 34.2. The lowest BCUT2D eigenvalue weighted by Gasteiger charge is -2.21. The molecular formula is C20H23N3O2S3. The molecule has 0 bridgehead atoms. The summed E-state index contributed by atoms with van der Waals surface area (Å²) in [6.07, 6.45) is 3.43. The van der Waals surface area contributed by atoms with Gasteiger partial charge in [-0.05, 0) is 36.6 Å². The summed E-state index contributed by atoms with van der Waals surface area (Å²) in [5, 5.41) is 5.29. The molecule has 0 N–H and O–H groups in total. The second kappa shape index (κ2) is 8.39. The quantitative estimate of drug-likeness (QED) is 0.389. The zero-order valence-corrected chi connectivity index (χ0v) is 18.5. The van der Waals surface area contributed by atoms with Gasteiger partial charge in [-0.3, -0.25) is 14.2 Å². The van der Waals surface area contributed by atoms with Crippen LogP contribution >= 0.6 is 34.4 Å². The lowest BCUT2D eigenvalue weighted by Crippen LogP contribution is -2.35. The van der Waals surface area contributed by atoms with Crippen molar-refractivity contribution < 1.29 is 4.79 Å². The predicted octanol–water partition coefficient (Wildman–Crippen LogP) is 4.46. The van der Waals surface area contributed by atoms with Gasteiger partial charge >= 0.3 is 0 Å². The molecule has 0 atom stereocenters. The molecule has 4 rings (SSSR count). The lowest BCUT2D eigenvalue weighted by molar-refractivity contribution is -0.128. The van der Waals surface area contributed by atoms with Gasteiger partial charge in [-0.15, -0.1) is 22.7 Å². The molecule has 0 unspecified atom stereocenters. The van der Waals surface area contributed by atoms with Crippen molar-refractivity contribution in [2.24, 2.45) is 13.0 Å². The Hall–Kier alpha value is -1.64. The van der Waals surface area contributed by atoms with Crippen LogP contribution in [0.15, 0.2) is 32.8 Å².